The molecule has 0 radical (unpaired) electrons. The monoisotopic (exact) mass is 283 g/mol. The molecule has 0 saturated heterocycles. The van der Waals surface area contributed by atoms with Crippen molar-refractivity contribution in [3.05, 3.63) is 12.3 Å². The molecule has 1 heterocycles. The normalized spacial score (nSPS) is 24.0. The van der Waals surface area contributed by atoms with Gasteiger partial charge in [-0.2, -0.15) is 4.98 Å². The third kappa shape index (κ3) is 4.53. The molecular formula is C14H22ClN3O. The molecule has 1 N–H and O–H groups in total. The van der Waals surface area contributed by atoms with Crippen LogP contribution in [-0.2, 0) is 0 Å². The molecule has 19 heavy (non-hydrogen) atoms. The van der Waals surface area contributed by atoms with Crippen molar-refractivity contribution in [2.24, 2.45) is 0 Å². The second kappa shape index (κ2) is 6.94. The van der Waals surface area contributed by atoms with Crippen LogP contribution in [0.15, 0.2) is 12.3 Å². The van der Waals surface area contributed by atoms with Crippen LogP contribution in [0.4, 0.5) is 5.95 Å². The maximum absolute atomic E-state index is 6.41. The van der Waals surface area contributed by atoms with E-state index in [2.05, 4.69) is 15.3 Å². The highest BCUT2D eigenvalue weighted by molar-refractivity contribution is 6.21. The van der Waals surface area contributed by atoms with Gasteiger partial charge in [-0.25, -0.2) is 4.98 Å². The molecule has 4 nitrogen and oxygen atoms in total. The number of hydrogen-bond acceptors (Lipinski definition) is 4. The molecule has 0 aromatic carbocycles. The standard InChI is InChI=1S/C14H22ClN3O/c1-10(2)19-13-8-9-16-14(18-13)17-12-7-5-3-4-6-11(12)15/h8-12H,3-7H2,1-2H3,(H,16,17,18). The van der Waals surface area contributed by atoms with Crippen LogP contribution in [-0.4, -0.2) is 27.5 Å². The first kappa shape index (κ1) is 14.4. The fourth-order valence-corrected chi connectivity index (χ4v) is 2.65. The lowest BCUT2D eigenvalue weighted by Gasteiger charge is -2.21. The molecule has 0 aliphatic heterocycles. The molecule has 5 heteroatoms. The highest BCUT2D eigenvalue weighted by Gasteiger charge is 2.22. The minimum atomic E-state index is 0.112. The Bertz CT molecular complexity index is 400. The Kier molecular flexibility index (Phi) is 5.25. The number of hydrogen-bond donors (Lipinski definition) is 1. The summed E-state index contributed by atoms with van der Waals surface area (Å²) in [5.74, 6) is 1.21. The van der Waals surface area contributed by atoms with E-state index in [9.17, 15) is 0 Å². The molecular weight excluding hydrogens is 262 g/mol. The van der Waals surface area contributed by atoms with Gasteiger partial charge in [0.25, 0.3) is 0 Å². The number of rotatable bonds is 4. The van der Waals surface area contributed by atoms with Crippen molar-refractivity contribution in [1.29, 1.82) is 0 Å². The van der Waals surface area contributed by atoms with Crippen molar-refractivity contribution >= 4 is 17.5 Å². The van der Waals surface area contributed by atoms with Gasteiger partial charge in [0.15, 0.2) is 0 Å². The van der Waals surface area contributed by atoms with E-state index in [4.69, 9.17) is 16.3 Å². The minimum Gasteiger partial charge on any atom is -0.475 e. The molecule has 2 rings (SSSR count). The Hall–Kier alpha value is -1.03. The molecule has 1 saturated carbocycles. The number of halogens is 1. The van der Waals surface area contributed by atoms with Crippen molar-refractivity contribution in [2.75, 3.05) is 5.32 Å². The predicted molar refractivity (Wildman–Crippen MR) is 77.9 cm³/mol. The van der Waals surface area contributed by atoms with Crippen molar-refractivity contribution in [3.63, 3.8) is 0 Å². The largest absolute Gasteiger partial charge is 0.475 e. The fourth-order valence-electron chi connectivity index (χ4n) is 2.31. The zero-order valence-corrected chi connectivity index (χ0v) is 12.4. The highest BCUT2D eigenvalue weighted by Crippen LogP contribution is 2.24. The maximum atomic E-state index is 6.41. The van der Waals surface area contributed by atoms with E-state index >= 15 is 0 Å². The molecule has 1 fully saturated rings. The van der Waals surface area contributed by atoms with Gasteiger partial charge in [0, 0.05) is 18.3 Å². The van der Waals surface area contributed by atoms with Crippen molar-refractivity contribution < 1.29 is 4.74 Å². The summed E-state index contributed by atoms with van der Waals surface area (Å²) < 4.78 is 5.57. The van der Waals surface area contributed by atoms with Crippen molar-refractivity contribution in [1.82, 2.24) is 9.97 Å². The summed E-state index contributed by atoms with van der Waals surface area (Å²) in [6.45, 7) is 3.96. The van der Waals surface area contributed by atoms with E-state index in [1.165, 1.54) is 19.3 Å². The summed E-state index contributed by atoms with van der Waals surface area (Å²) in [5, 5.41) is 3.50. The SMILES string of the molecule is CC(C)Oc1ccnc(NC2CCCCCC2Cl)n1. The summed E-state index contributed by atoms with van der Waals surface area (Å²) in [6, 6.07) is 2.02. The molecule has 2 unspecified atom stereocenters. The molecule has 1 aliphatic rings. The molecule has 0 spiro atoms. The number of ether oxygens (including phenoxy) is 1. The van der Waals surface area contributed by atoms with Gasteiger partial charge in [0.2, 0.25) is 11.8 Å². The number of alkyl halides is 1. The Morgan fingerprint density at radius 1 is 1.32 bits per heavy atom. The predicted octanol–water partition coefficient (Wildman–Crippen LogP) is 3.62. The molecule has 0 amide bonds. The van der Waals surface area contributed by atoms with Gasteiger partial charge in [-0.3, -0.25) is 0 Å². The molecule has 0 bridgehead atoms. The number of nitrogens with zero attached hydrogens (tertiary/aromatic N) is 2. The second-order valence-electron chi connectivity index (χ2n) is 5.29. The number of anilines is 1. The molecule has 106 valence electrons. The summed E-state index contributed by atoms with van der Waals surface area (Å²) in [5.41, 5.74) is 0. The Labute approximate surface area is 119 Å². The number of aromatic nitrogens is 2. The highest BCUT2D eigenvalue weighted by atomic mass is 35.5. The lowest BCUT2D eigenvalue weighted by Crippen LogP contribution is -2.29. The summed E-state index contributed by atoms with van der Waals surface area (Å²) in [7, 11) is 0. The van der Waals surface area contributed by atoms with E-state index in [0.29, 0.717) is 11.8 Å². The summed E-state index contributed by atoms with van der Waals surface area (Å²) >= 11 is 6.41. The van der Waals surface area contributed by atoms with Crippen LogP contribution in [0.2, 0.25) is 0 Å². The Morgan fingerprint density at radius 3 is 2.89 bits per heavy atom. The van der Waals surface area contributed by atoms with E-state index in [0.717, 1.165) is 12.8 Å². The molecule has 1 aromatic heterocycles. The molecule has 1 aromatic rings. The second-order valence-corrected chi connectivity index (χ2v) is 5.85. The van der Waals surface area contributed by atoms with Crippen LogP contribution in [0.25, 0.3) is 0 Å². The first-order valence-electron chi connectivity index (χ1n) is 7.05. The Morgan fingerprint density at radius 2 is 2.11 bits per heavy atom. The average molecular weight is 284 g/mol. The van der Waals surface area contributed by atoms with E-state index in [-0.39, 0.29) is 17.5 Å². The lowest BCUT2D eigenvalue weighted by atomic mass is 10.1. The van der Waals surface area contributed by atoms with Gasteiger partial charge in [-0.05, 0) is 26.7 Å². The van der Waals surface area contributed by atoms with Gasteiger partial charge in [-0.15, -0.1) is 11.6 Å². The fraction of sp³-hybridized carbons (Fsp3) is 0.714. The van der Waals surface area contributed by atoms with E-state index in [1.807, 2.05) is 13.8 Å². The van der Waals surface area contributed by atoms with Crippen LogP contribution in [0.3, 0.4) is 0 Å². The van der Waals surface area contributed by atoms with E-state index in [1.54, 1.807) is 12.3 Å². The maximum Gasteiger partial charge on any atom is 0.226 e. The number of nitrogens with one attached hydrogen (secondary N) is 1. The van der Waals surface area contributed by atoms with Crippen molar-refractivity contribution in [2.45, 2.75) is 63.5 Å². The van der Waals surface area contributed by atoms with Gasteiger partial charge in [0.1, 0.15) is 0 Å². The van der Waals surface area contributed by atoms with Gasteiger partial charge in [-0.1, -0.05) is 19.3 Å². The van der Waals surface area contributed by atoms with Gasteiger partial charge < -0.3 is 10.1 Å². The zero-order valence-electron chi connectivity index (χ0n) is 11.6. The minimum absolute atomic E-state index is 0.112. The lowest BCUT2D eigenvalue weighted by molar-refractivity contribution is 0.232. The topological polar surface area (TPSA) is 47.0 Å². The van der Waals surface area contributed by atoms with Crippen molar-refractivity contribution in [3.8, 4) is 5.88 Å². The van der Waals surface area contributed by atoms with Gasteiger partial charge in [0.05, 0.1) is 11.5 Å². The van der Waals surface area contributed by atoms with Crippen LogP contribution < -0.4 is 10.1 Å². The molecule has 2 atom stereocenters. The van der Waals surface area contributed by atoms with Crippen LogP contribution >= 0.6 is 11.6 Å². The quantitative estimate of drug-likeness (QED) is 0.677. The van der Waals surface area contributed by atoms with Gasteiger partial charge >= 0.3 is 0 Å². The van der Waals surface area contributed by atoms with E-state index < -0.39 is 0 Å². The summed E-state index contributed by atoms with van der Waals surface area (Å²) in [4.78, 5) is 8.61. The van der Waals surface area contributed by atoms with Crippen LogP contribution in [0, 0.1) is 0 Å². The Balaban J connectivity index is 2.01. The van der Waals surface area contributed by atoms with Crippen LogP contribution in [0.1, 0.15) is 46.0 Å². The first-order valence-corrected chi connectivity index (χ1v) is 7.49. The zero-order chi connectivity index (χ0) is 13.7. The summed E-state index contributed by atoms with van der Waals surface area (Å²) in [6.07, 6.45) is 7.65. The smallest absolute Gasteiger partial charge is 0.226 e. The van der Waals surface area contributed by atoms with Crippen LogP contribution in [0.5, 0.6) is 5.88 Å². The third-order valence-corrected chi connectivity index (χ3v) is 3.75. The average Bonchev–Trinajstić information content (AvgIpc) is 2.55. The third-order valence-electron chi connectivity index (χ3n) is 3.23. The molecule has 1 aliphatic carbocycles. The first-order chi connectivity index (χ1) is 9.15.